The Hall–Kier alpha value is -1.47. The molecule has 1 aromatic carbocycles. The Morgan fingerprint density at radius 1 is 1.28 bits per heavy atom. The molecule has 0 radical (unpaired) electrons. The molecule has 1 aliphatic heterocycles. The Morgan fingerprint density at radius 2 is 2.08 bits per heavy atom. The highest BCUT2D eigenvalue weighted by Gasteiger charge is 2.29. The van der Waals surface area contributed by atoms with E-state index in [1.165, 1.54) is 29.5 Å². The summed E-state index contributed by atoms with van der Waals surface area (Å²) in [4.78, 5) is 16.1. The highest BCUT2D eigenvalue weighted by molar-refractivity contribution is 8.00. The molecule has 1 fully saturated rings. The zero-order valence-electron chi connectivity index (χ0n) is 14.5. The monoisotopic (exact) mass is 374 g/mol. The number of rotatable bonds is 4. The van der Waals surface area contributed by atoms with E-state index in [0.717, 1.165) is 29.6 Å². The molecule has 4 rings (SSSR count). The molecule has 0 saturated heterocycles. The molecule has 2 aromatic rings. The summed E-state index contributed by atoms with van der Waals surface area (Å²) < 4.78 is 2.19. The van der Waals surface area contributed by atoms with Crippen molar-refractivity contribution in [3.8, 4) is 0 Å². The third kappa shape index (κ3) is 3.58. The van der Waals surface area contributed by atoms with Crippen LogP contribution < -0.4 is 4.90 Å². The molecule has 1 atom stereocenters. The maximum absolute atomic E-state index is 12.9. The van der Waals surface area contributed by atoms with Gasteiger partial charge in [-0.1, -0.05) is 30.8 Å². The Kier molecular flexibility index (Phi) is 4.78. The van der Waals surface area contributed by atoms with Gasteiger partial charge in [0.05, 0.1) is 11.4 Å². The highest BCUT2D eigenvalue weighted by atomic mass is 32.2. The Labute approximate surface area is 156 Å². The van der Waals surface area contributed by atoms with Crippen LogP contribution in [0, 0.1) is 6.92 Å². The fraction of sp³-hybridized carbons (Fsp3) is 0.500. The number of nitrogens with zero attached hydrogens (tertiary/aromatic N) is 4. The fourth-order valence-electron chi connectivity index (χ4n) is 3.15. The van der Waals surface area contributed by atoms with Crippen molar-refractivity contribution in [2.45, 2.75) is 54.5 Å². The summed E-state index contributed by atoms with van der Waals surface area (Å²) in [5, 5.41) is 9.86. The summed E-state index contributed by atoms with van der Waals surface area (Å²) in [5.41, 5.74) is 1.04. The number of hydrogen-bond donors (Lipinski definition) is 0. The molecular formula is C18H22N4OS2. The maximum atomic E-state index is 12.9. The molecule has 2 heterocycles. The number of aryl methyl sites for hydroxylation is 1. The number of hydrogen-bond acceptors (Lipinski definition) is 5. The van der Waals surface area contributed by atoms with Crippen LogP contribution in [0.1, 0.15) is 38.1 Å². The second-order valence-corrected chi connectivity index (χ2v) is 9.07. The van der Waals surface area contributed by atoms with E-state index in [4.69, 9.17) is 0 Å². The lowest BCUT2D eigenvalue weighted by atomic mass is 10.2. The quantitative estimate of drug-likeness (QED) is 0.759. The second-order valence-electron chi connectivity index (χ2n) is 6.65. The second kappa shape index (κ2) is 7.03. The van der Waals surface area contributed by atoms with Crippen molar-refractivity contribution in [3.05, 3.63) is 30.1 Å². The summed E-state index contributed by atoms with van der Waals surface area (Å²) >= 11 is 3.37. The minimum atomic E-state index is 0.148. The standard InChI is InChI=1S/C18H22N4OS2/c1-12-9-10-21(15-5-3-4-6-16(15)25-12)17(23)11-24-18-20-19-13(2)22(18)14-7-8-14/h3-6,12,14H,7-11H2,1-2H3/t12-/m0/s1. The van der Waals surface area contributed by atoms with Crippen molar-refractivity contribution in [2.75, 3.05) is 17.2 Å². The SMILES string of the molecule is Cc1nnc(SCC(=O)N2CC[C@H](C)Sc3ccccc32)n1C1CC1. The molecular weight excluding hydrogens is 352 g/mol. The zero-order valence-corrected chi connectivity index (χ0v) is 16.1. The molecule has 0 unspecified atom stereocenters. The first-order valence-electron chi connectivity index (χ1n) is 8.74. The van der Waals surface area contributed by atoms with Crippen LogP contribution >= 0.6 is 23.5 Å². The molecule has 0 bridgehead atoms. The molecule has 1 aromatic heterocycles. The van der Waals surface area contributed by atoms with Crippen LogP contribution in [-0.2, 0) is 4.79 Å². The Balaban J connectivity index is 1.50. The zero-order chi connectivity index (χ0) is 17.4. The maximum Gasteiger partial charge on any atom is 0.237 e. The molecule has 2 aliphatic rings. The first kappa shape index (κ1) is 17.0. The average molecular weight is 375 g/mol. The van der Waals surface area contributed by atoms with Gasteiger partial charge in [-0.2, -0.15) is 0 Å². The Morgan fingerprint density at radius 3 is 2.88 bits per heavy atom. The topological polar surface area (TPSA) is 51.0 Å². The lowest BCUT2D eigenvalue weighted by Gasteiger charge is -2.22. The van der Waals surface area contributed by atoms with Crippen LogP contribution in [0.3, 0.4) is 0 Å². The first-order valence-corrected chi connectivity index (χ1v) is 10.6. The number of thioether (sulfide) groups is 2. The van der Waals surface area contributed by atoms with Gasteiger partial charge in [0.2, 0.25) is 5.91 Å². The third-order valence-electron chi connectivity index (χ3n) is 4.62. The van der Waals surface area contributed by atoms with Crippen LogP contribution in [0.25, 0.3) is 0 Å². The molecule has 0 spiro atoms. The molecule has 1 aliphatic carbocycles. The van der Waals surface area contributed by atoms with Crippen molar-refractivity contribution in [3.63, 3.8) is 0 Å². The van der Waals surface area contributed by atoms with Gasteiger partial charge < -0.3 is 9.47 Å². The molecule has 132 valence electrons. The van der Waals surface area contributed by atoms with Crippen LogP contribution in [-0.4, -0.2) is 38.2 Å². The lowest BCUT2D eigenvalue weighted by Crippen LogP contribution is -2.33. The largest absolute Gasteiger partial charge is 0.311 e. The molecule has 25 heavy (non-hydrogen) atoms. The van der Waals surface area contributed by atoms with Crippen LogP contribution in [0.5, 0.6) is 0 Å². The summed E-state index contributed by atoms with van der Waals surface area (Å²) in [7, 11) is 0. The normalized spacial score (nSPS) is 20.2. The van der Waals surface area contributed by atoms with Crippen molar-refractivity contribution >= 4 is 35.1 Å². The van der Waals surface area contributed by atoms with Crippen molar-refractivity contribution in [2.24, 2.45) is 0 Å². The minimum Gasteiger partial charge on any atom is -0.311 e. The predicted molar refractivity (Wildman–Crippen MR) is 102 cm³/mol. The van der Waals surface area contributed by atoms with Gasteiger partial charge in [0.15, 0.2) is 5.16 Å². The van der Waals surface area contributed by atoms with E-state index in [1.54, 1.807) is 0 Å². The number of carbonyl (C=O) groups is 1. The number of carbonyl (C=O) groups excluding carboxylic acids is 1. The van der Waals surface area contributed by atoms with Gasteiger partial charge >= 0.3 is 0 Å². The summed E-state index contributed by atoms with van der Waals surface area (Å²) in [6.07, 6.45) is 3.39. The predicted octanol–water partition coefficient (Wildman–Crippen LogP) is 3.93. The smallest absolute Gasteiger partial charge is 0.237 e. The molecule has 7 heteroatoms. The van der Waals surface area contributed by atoms with Crippen LogP contribution in [0.15, 0.2) is 34.3 Å². The van der Waals surface area contributed by atoms with E-state index in [1.807, 2.05) is 35.7 Å². The van der Waals surface area contributed by atoms with Gasteiger partial charge in [-0.05, 0) is 38.3 Å². The highest BCUT2D eigenvalue weighted by Crippen LogP contribution is 2.39. The van der Waals surface area contributed by atoms with Gasteiger partial charge in [0, 0.05) is 22.7 Å². The number of aromatic nitrogens is 3. The van der Waals surface area contributed by atoms with Gasteiger partial charge in [0.25, 0.3) is 0 Å². The Bertz CT molecular complexity index is 787. The first-order chi connectivity index (χ1) is 12.1. The minimum absolute atomic E-state index is 0.148. The molecule has 0 N–H and O–H groups in total. The van der Waals surface area contributed by atoms with E-state index in [9.17, 15) is 4.79 Å². The van der Waals surface area contributed by atoms with Crippen LogP contribution in [0.2, 0.25) is 0 Å². The van der Waals surface area contributed by atoms with E-state index in [0.29, 0.717) is 17.0 Å². The number of amides is 1. The van der Waals surface area contributed by atoms with E-state index < -0.39 is 0 Å². The number of fused-ring (bicyclic) bond motifs is 1. The number of anilines is 1. The third-order valence-corrected chi connectivity index (χ3v) is 6.78. The van der Waals surface area contributed by atoms with E-state index in [-0.39, 0.29) is 5.91 Å². The van der Waals surface area contributed by atoms with Crippen LogP contribution in [0.4, 0.5) is 5.69 Å². The molecule has 1 amide bonds. The van der Waals surface area contributed by atoms with Crippen molar-refractivity contribution < 1.29 is 4.79 Å². The van der Waals surface area contributed by atoms with Gasteiger partial charge in [0.1, 0.15) is 5.82 Å². The number of benzene rings is 1. The molecule has 5 nitrogen and oxygen atoms in total. The average Bonchev–Trinajstić information content (AvgIpc) is 3.39. The number of para-hydroxylation sites is 1. The van der Waals surface area contributed by atoms with E-state index in [2.05, 4.69) is 33.8 Å². The van der Waals surface area contributed by atoms with Crippen molar-refractivity contribution in [1.82, 2.24) is 14.8 Å². The van der Waals surface area contributed by atoms with Gasteiger partial charge in [-0.15, -0.1) is 22.0 Å². The van der Waals surface area contributed by atoms with E-state index >= 15 is 0 Å². The molecule has 1 saturated carbocycles. The fourth-order valence-corrected chi connectivity index (χ4v) is 5.19. The lowest BCUT2D eigenvalue weighted by molar-refractivity contribution is -0.116. The van der Waals surface area contributed by atoms with Gasteiger partial charge in [-0.3, -0.25) is 4.79 Å². The summed E-state index contributed by atoms with van der Waals surface area (Å²) in [6, 6.07) is 8.75. The summed E-state index contributed by atoms with van der Waals surface area (Å²) in [5.74, 6) is 1.50. The summed E-state index contributed by atoms with van der Waals surface area (Å²) in [6.45, 7) is 4.99. The van der Waals surface area contributed by atoms with Crippen molar-refractivity contribution in [1.29, 1.82) is 0 Å². The van der Waals surface area contributed by atoms with Gasteiger partial charge in [-0.25, -0.2) is 0 Å².